The van der Waals surface area contributed by atoms with Gasteiger partial charge in [0.05, 0.1) is 16.5 Å². The van der Waals surface area contributed by atoms with Gasteiger partial charge in [-0.3, -0.25) is 4.90 Å². The molecule has 0 aliphatic rings. The fourth-order valence-electron chi connectivity index (χ4n) is 3.28. The lowest BCUT2D eigenvalue weighted by molar-refractivity contribution is 0.247. The molecule has 0 heterocycles. The summed E-state index contributed by atoms with van der Waals surface area (Å²) in [6.07, 6.45) is 0. The summed E-state index contributed by atoms with van der Waals surface area (Å²) in [4.78, 5) is 2.34. The maximum absolute atomic E-state index is 13.7. The topological polar surface area (TPSA) is 64.4 Å². The highest BCUT2D eigenvalue weighted by Gasteiger charge is 2.18. The second-order valence-electron chi connectivity index (χ2n) is 7.52. The van der Waals surface area contributed by atoms with E-state index < -0.39 is 10.0 Å². The molecule has 0 fully saturated rings. The maximum Gasteiger partial charge on any atom is 0.242 e. The largest absolute Gasteiger partial charge is 0.291 e. The lowest BCUT2D eigenvalue weighted by atomic mass is 10.1. The van der Waals surface area contributed by atoms with E-state index in [2.05, 4.69) is 11.0 Å². The van der Waals surface area contributed by atoms with Gasteiger partial charge < -0.3 is 0 Å². The minimum atomic E-state index is -3.53. The van der Waals surface area contributed by atoms with Gasteiger partial charge in [0.1, 0.15) is 5.82 Å². The molecule has 160 valence electrons. The van der Waals surface area contributed by atoms with E-state index in [1.165, 1.54) is 30.5 Å². The standard InChI is InChI=1S/C24H24FN3O2S/c1-27(2)31(29,30)24-8-4-6-22(14-24)18-28(17-21-5-3-7-23(25)13-21)16-20-11-9-19(15-26)10-12-20/h3-14H,16-18H2,1-2H3. The normalized spacial score (nSPS) is 11.6. The van der Waals surface area contributed by atoms with Crippen molar-refractivity contribution in [2.75, 3.05) is 14.1 Å². The van der Waals surface area contributed by atoms with Gasteiger partial charge in [-0.25, -0.2) is 17.1 Å². The molecule has 0 spiro atoms. The molecule has 3 aromatic carbocycles. The number of nitrogens with zero attached hydrogens (tertiary/aromatic N) is 3. The SMILES string of the molecule is CN(C)S(=O)(=O)c1cccc(CN(Cc2ccc(C#N)cc2)Cc2cccc(F)c2)c1. The van der Waals surface area contributed by atoms with Crippen LogP contribution in [0.5, 0.6) is 0 Å². The summed E-state index contributed by atoms with van der Waals surface area (Å²) in [6, 6.07) is 22.7. The van der Waals surface area contributed by atoms with Crippen molar-refractivity contribution in [3.63, 3.8) is 0 Å². The van der Waals surface area contributed by atoms with Gasteiger partial charge in [0.2, 0.25) is 10.0 Å². The second kappa shape index (κ2) is 9.84. The van der Waals surface area contributed by atoms with Gasteiger partial charge in [0.25, 0.3) is 0 Å². The van der Waals surface area contributed by atoms with E-state index >= 15 is 0 Å². The second-order valence-corrected chi connectivity index (χ2v) is 9.67. The van der Waals surface area contributed by atoms with Crippen LogP contribution in [0.1, 0.15) is 22.3 Å². The van der Waals surface area contributed by atoms with E-state index in [1.54, 1.807) is 36.4 Å². The predicted molar refractivity (Wildman–Crippen MR) is 118 cm³/mol. The van der Waals surface area contributed by atoms with E-state index in [0.29, 0.717) is 25.2 Å². The Morgan fingerprint density at radius 2 is 1.42 bits per heavy atom. The van der Waals surface area contributed by atoms with Crippen LogP contribution in [0, 0.1) is 17.1 Å². The number of rotatable bonds is 8. The molecule has 0 aliphatic heterocycles. The molecule has 0 radical (unpaired) electrons. The van der Waals surface area contributed by atoms with Crippen LogP contribution in [0.4, 0.5) is 4.39 Å². The van der Waals surface area contributed by atoms with Crippen LogP contribution < -0.4 is 0 Å². The summed E-state index contributed by atoms with van der Waals surface area (Å²) in [5.74, 6) is -0.296. The van der Waals surface area contributed by atoms with Crippen molar-refractivity contribution >= 4 is 10.0 Å². The highest BCUT2D eigenvalue weighted by molar-refractivity contribution is 7.89. The molecule has 0 unspecified atom stereocenters. The van der Waals surface area contributed by atoms with Crippen molar-refractivity contribution in [1.29, 1.82) is 5.26 Å². The van der Waals surface area contributed by atoms with Gasteiger partial charge in [-0.1, -0.05) is 36.4 Å². The van der Waals surface area contributed by atoms with Crippen molar-refractivity contribution in [1.82, 2.24) is 9.21 Å². The van der Waals surface area contributed by atoms with E-state index in [0.717, 1.165) is 16.7 Å². The zero-order valence-electron chi connectivity index (χ0n) is 17.5. The van der Waals surface area contributed by atoms with Crippen LogP contribution in [0.15, 0.2) is 77.7 Å². The molecule has 0 atom stereocenters. The van der Waals surface area contributed by atoms with E-state index in [-0.39, 0.29) is 10.7 Å². The molecule has 0 amide bonds. The van der Waals surface area contributed by atoms with Crippen molar-refractivity contribution in [3.8, 4) is 6.07 Å². The molecule has 3 aromatic rings. The van der Waals surface area contributed by atoms with Gasteiger partial charge in [0, 0.05) is 33.7 Å². The summed E-state index contributed by atoms with van der Waals surface area (Å²) in [7, 11) is -0.525. The molecule has 0 bridgehead atoms. The first-order valence-electron chi connectivity index (χ1n) is 9.75. The van der Waals surface area contributed by atoms with E-state index in [1.807, 2.05) is 24.3 Å². The third-order valence-corrected chi connectivity index (χ3v) is 6.68. The fourth-order valence-corrected chi connectivity index (χ4v) is 4.25. The Kier molecular flexibility index (Phi) is 7.18. The van der Waals surface area contributed by atoms with Gasteiger partial charge in [-0.05, 0) is 53.1 Å². The molecule has 0 N–H and O–H groups in total. The summed E-state index contributed by atoms with van der Waals surface area (Å²) < 4.78 is 39.9. The first-order valence-corrected chi connectivity index (χ1v) is 11.2. The third-order valence-electron chi connectivity index (χ3n) is 4.87. The molecule has 0 saturated carbocycles. The third kappa shape index (κ3) is 5.98. The van der Waals surface area contributed by atoms with Gasteiger partial charge in [-0.2, -0.15) is 5.26 Å². The van der Waals surface area contributed by atoms with Crippen molar-refractivity contribution < 1.29 is 12.8 Å². The van der Waals surface area contributed by atoms with Crippen LogP contribution in [0.25, 0.3) is 0 Å². The molecule has 0 aromatic heterocycles. The molecule has 3 rings (SSSR count). The molecule has 31 heavy (non-hydrogen) atoms. The number of benzene rings is 3. The Balaban J connectivity index is 1.88. The maximum atomic E-state index is 13.7. The zero-order chi connectivity index (χ0) is 22.4. The number of nitriles is 1. The van der Waals surface area contributed by atoms with Crippen LogP contribution in [-0.2, 0) is 29.7 Å². The Bertz CT molecular complexity index is 1190. The monoisotopic (exact) mass is 437 g/mol. The van der Waals surface area contributed by atoms with Crippen LogP contribution in [-0.4, -0.2) is 31.7 Å². The number of sulfonamides is 1. The van der Waals surface area contributed by atoms with Crippen molar-refractivity contribution in [2.45, 2.75) is 24.5 Å². The fraction of sp³-hybridized carbons (Fsp3) is 0.208. The van der Waals surface area contributed by atoms with Gasteiger partial charge in [0.15, 0.2) is 0 Å². The Morgan fingerprint density at radius 1 is 0.839 bits per heavy atom. The summed E-state index contributed by atoms with van der Waals surface area (Å²) in [5, 5.41) is 9.01. The molecule has 5 nitrogen and oxygen atoms in total. The quantitative estimate of drug-likeness (QED) is 0.531. The number of halogens is 1. The van der Waals surface area contributed by atoms with Gasteiger partial charge in [-0.15, -0.1) is 0 Å². The Morgan fingerprint density at radius 3 is 2.00 bits per heavy atom. The van der Waals surface area contributed by atoms with E-state index in [9.17, 15) is 12.8 Å². The van der Waals surface area contributed by atoms with Crippen LogP contribution >= 0.6 is 0 Å². The average molecular weight is 438 g/mol. The first-order chi connectivity index (χ1) is 14.8. The molecule has 0 saturated heterocycles. The van der Waals surface area contributed by atoms with E-state index in [4.69, 9.17) is 5.26 Å². The van der Waals surface area contributed by atoms with Crippen molar-refractivity contribution in [2.24, 2.45) is 0 Å². The molecular weight excluding hydrogens is 413 g/mol. The van der Waals surface area contributed by atoms with Gasteiger partial charge >= 0.3 is 0 Å². The van der Waals surface area contributed by atoms with Crippen LogP contribution in [0.3, 0.4) is 0 Å². The Hall–Kier alpha value is -3.05. The number of hydrogen-bond donors (Lipinski definition) is 0. The highest BCUT2D eigenvalue weighted by atomic mass is 32.2. The summed E-state index contributed by atoms with van der Waals surface area (Å²) in [6.45, 7) is 1.53. The lowest BCUT2D eigenvalue weighted by Gasteiger charge is -2.23. The minimum absolute atomic E-state index is 0.235. The lowest BCUT2D eigenvalue weighted by Crippen LogP contribution is -2.24. The van der Waals surface area contributed by atoms with Crippen LogP contribution in [0.2, 0.25) is 0 Å². The Labute approximate surface area is 183 Å². The molecule has 0 aliphatic carbocycles. The summed E-state index contributed by atoms with van der Waals surface area (Å²) >= 11 is 0. The zero-order valence-corrected chi connectivity index (χ0v) is 18.3. The average Bonchev–Trinajstić information content (AvgIpc) is 2.74. The number of hydrogen-bond acceptors (Lipinski definition) is 4. The summed E-state index contributed by atoms with van der Waals surface area (Å²) in [5.41, 5.74) is 3.26. The first kappa shape index (κ1) is 22.6. The predicted octanol–water partition coefficient (Wildman–Crippen LogP) is 4.15. The molecule has 7 heteroatoms. The highest BCUT2D eigenvalue weighted by Crippen LogP contribution is 2.19. The molecular formula is C24H24FN3O2S. The van der Waals surface area contributed by atoms with Crippen molar-refractivity contribution in [3.05, 3.63) is 101 Å². The smallest absolute Gasteiger partial charge is 0.242 e. The minimum Gasteiger partial charge on any atom is -0.291 e.